The lowest BCUT2D eigenvalue weighted by Crippen LogP contribution is -2.44. The molecule has 2 bridgehead atoms. The number of alkyl halides is 3. The predicted octanol–water partition coefficient (Wildman–Crippen LogP) is 6.39. The van der Waals surface area contributed by atoms with E-state index in [0.29, 0.717) is 29.8 Å². The van der Waals surface area contributed by atoms with Gasteiger partial charge in [-0.15, -0.1) is 11.3 Å². The number of anilines is 1. The first-order valence-corrected chi connectivity index (χ1v) is 15.3. The van der Waals surface area contributed by atoms with E-state index in [1.807, 2.05) is 0 Å². The number of urea groups is 1. The summed E-state index contributed by atoms with van der Waals surface area (Å²) in [6.45, 7) is 7.34. The summed E-state index contributed by atoms with van der Waals surface area (Å²) in [7, 11) is 2.12. The fourth-order valence-corrected chi connectivity index (χ4v) is 6.42. The van der Waals surface area contributed by atoms with E-state index in [1.54, 1.807) is 33.8 Å². The third-order valence-electron chi connectivity index (χ3n) is 7.62. The Balaban J connectivity index is 1.61. The van der Waals surface area contributed by atoms with Crippen LogP contribution in [-0.2, 0) is 10.9 Å². The Hall–Kier alpha value is -3.78. The summed E-state index contributed by atoms with van der Waals surface area (Å²) >= 11 is 0.800. The minimum Gasteiger partial charge on any atom is -0.474 e. The van der Waals surface area contributed by atoms with Gasteiger partial charge in [-0.05, 0) is 72.6 Å². The molecule has 14 heteroatoms. The fraction of sp³-hybridized carbons (Fsp3) is 0.500. The Bertz CT molecular complexity index is 1530. The molecule has 0 aromatic carbocycles. The van der Waals surface area contributed by atoms with E-state index in [4.69, 9.17) is 9.47 Å². The van der Waals surface area contributed by atoms with Gasteiger partial charge in [0.2, 0.25) is 5.88 Å². The van der Waals surface area contributed by atoms with Crippen LogP contribution in [0.3, 0.4) is 0 Å². The Morgan fingerprint density at radius 3 is 2.36 bits per heavy atom. The molecule has 5 heterocycles. The highest BCUT2D eigenvalue weighted by Gasteiger charge is 2.40. The molecule has 0 radical (unpaired) electrons. The predicted molar refractivity (Wildman–Crippen MR) is 160 cm³/mol. The molecule has 3 aromatic rings. The van der Waals surface area contributed by atoms with Gasteiger partial charge in [0.05, 0.1) is 5.56 Å². The zero-order valence-corrected chi connectivity index (χ0v) is 25.9. The van der Waals surface area contributed by atoms with Crippen LogP contribution in [0.1, 0.15) is 69.4 Å². The molecular weight excluding hydrogens is 597 g/mol. The lowest BCUT2D eigenvalue weighted by atomic mass is 9.99. The molecule has 0 unspecified atom stereocenters. The van der Waals surface area contributed by atoms with Gasteiger partial charge in [-0.2, -0.15) is 13.2 Å². The normalized spacial score (nSPS) is 20.3. The quantitative estimate of drug-likeness (QED) is 0.288. The monoisotopic (exact) mass is 632 g/mol. The number of hydrogen-bond donors (Lipinski definition) is 2. The van der Waals surface area contributed by atoms with Gasteiger partial charge in [-0.3, -0.25) is 5.32 Å². The first-order valence-electron chi connectivity index (χ1n) is 14.4. The number of hydrogen-bond acceptors (Lipinski definition) is 9. The zero-order valence-electron chi connectivity index (χ0n) is 25.1. The van der Waals surface area contributed by atoms with Crippen LogP contribution in [0.5, 0.6) is 5.88 Å². The number of halogens is 3. The molecule has 3 atom stereocenters. The summed E-state index contributed by atoms with van der Waals surface area (Å²) in [5, 5.41) is 6.16. The van der Waals surface area contributed by atoms with Crippen molar-refractivity contribution in [2.24, 2.45) is 0 Å². The van der Waals surface area contributed by atoms with E-state index < -0.39 is 29.5 Å². The number of carbonyl (C=O) groups is 2. The summed E-state index contributed by atoms with van der Waals surface area (Å²) in [4.78, 5) is 40.4. The number of nitrogens with one attached hydrogen (secondary N) is 2. The maximum absolute atomic E-state index is 13.6. The van der Waals surface area contributed by atoms with Crippen LogP contribution in [0, 0.1) is 0 Å². The van der Waals surface area contributed by atoms with E-state index >= 15 is 0 Å². The summed E-state index contributed by atoms with van der Waals surface area (Å²) in [5.41, 5.74) is -0.750. The van der Waals surface area contributed by atoms with Crippen molar-refractivity contribution in [1.82, 2.24) is 25.2 Å². The number of amides is 2. The highest BCUT2D eigenvalue weighted by Crippen LogP contribution is 2.42. The summed E-state index contributed by atoms with van der Waals surface area (Å²) in [6.07, 6.45) is 1.75. The van der Waals surface area contributed by atoms with Gasteiger partial charge >= 0.3 is 18.2 Å². The number of aromatic nitrogens is 3. The lowest BCUT2D eigenvalue weighted by molar-refractivity contribution is -0.140. The number of fused-ring (bicyclic) bond motifs is 2. The molecule has 2 aliphatic rings. The molecule has 2 amide bonds. The van der Waals surface area contributed by atoms with E-state index in [-0.39, 0.29) is 33.9 Å². The first-order chi connectivity index (χ1) is 20.7. The smallest absolute Gasteiger partial charge is 0.434 e. The average molecular weight is 633 g/mol. The second kappa shape index (κ2) is 12.3. The Morgan fingerprint density at radius 1 is 1.05 bits per heavy atom. The molecule has 236 valence electrons. The minimum atomic E-state index is -4.65. The molecule has 2 N–H and O–H groups in total. The molecule has 2 aliphatic heterocycles. The lowest BCUT2D eigenvalue weighted by Gasteiger charge is -2.36. The number of ether oxygens (including phenoxy) is 2. The summed E-state index contributed by atoms with van der Waals surface area (Å²) < 4.78 is 52.7. The first kappa shape index (κ1) is 31.6. The standard InChI is InChI=1S/C30H35F3N6O4S/c1-6-34-28(41)38-24-12-21(26-37-23(15-44-26)30(31,32)33)22(14-35-24)20-9-16(27(40)43-29(2,3)4)13-36-25(20)42-19-10-17-7-8-18(11-19)39(17)5/h9,12-15,17-19H,6-8,10-11H2,1-5H3,(H2,34,35,38,41)/t17-,18+,19-. The number of piperidine rings is 1. The van der Waals surface area contributed by atoms with Crippen LogP contribution in [0.2, 0.25) is 0 Å². The van der Waals surface area contributed by atoms with Crippen LogP contribution in [-0.4, -0.2) is 69.2 Å². The van der Waals surface area contributed by atoms with Gasteiger partial charge in [0, 0.05) is 53.1 Å². The molecular formula is C30H35F3N6O4S. The van der Waals surface area contributed by atoms with Gasteiger partial charge in [0.1, 0.15) is 22.5 Å². The van der Waals surface area contributed by atoms with E-state index in [2.05, 4.69) is 37.5 Å². The molecule has 44 heavy (non-hydrogen) atoms. The van der Waals surface area contributed by atoms with Crippen LogP contribution >= 0.6 is 11.3 Å². The average Bonchev–Trinajstić information content (AvgIpc) is 3.50. The van der Waals surface area contributed by atoms with Crippen molar-refractivity contribution in [3.8, 4) is 27.6 Å². The summed E-state index contributed by atoms with van der Waals surface area (Å²) in [6, 6.07) is 3.24. The van der Waals surface area contributed by atoms with Crippen molar-refractivity contribution in [2.45, 2.75) is 83.3 Å². The molecule has 0 saturated carbocycles. The van der Waals surface area contributed by atoms with Crippen molar-refractivity contribution in [1.29, 1.82) is 0 Å². The van der Waals surface area contributed by atoms with E-state index in [0.717, 1.165) is 42.4 Å². The highest BCUT2D eigenvalue weighted by molar-refractivity contribution is 7.13. The molecule has 2 fully saturated rings. The van der Waals surface area contributed by atoms with Crippen molar-refractivity contribution in [3.05, 3.63) is 41.2 Å². The maximum Gasteiger partial charge on any atom is 0.434 e. The SMILES string of the molecule is CCNC(=O)Nc1cc(-c2nc(C(F)(F)F)cs2)c(-c2cc(C(=O)OC(C)(C)C)cnc2O[C@@H]2C[C@H]3CC[C@@H](C2)N3C)cn1. The number of rotatable bonds is 7. The van der Waals surface area contributed by atoms with Gasteiger partial charge < -0.3 is 19.7 Å². The molecule has 10 nitrogen and oxygen atoms in total. The Labute approximate surface area is 257 Å². The molecule has 0 aliphatic carbocycles. The van der Waals surface area contributed by atoms with Crippen LogP contribution in [0.15, 0.2) is 29.9 Å². The van der Waals surface area contributed by atoms with Crippen LogP contribution < -0.4 is 15.4 Å². The Kier molecular flexibility index (Phi) is 8.85. The highest BCUT2D eigenvalue weighted by atomic mass is 32.1. The third-order valence-corrected chi connectivity index (χ3v) is 8.49. The Morgan fingerprint density at radius 2 is 1.75 bits per heavy atom. The second-order valence-corrected chi connectivity index (χ2v) is 12.8. The molecule has 3 aromatic heterocycles. The maximum atomic E-state index is 13.6. The summed E-state index contributed by atoms with van der Waals surface area (Å²) in [5.74, 6) is -0.303. The number of thiazole rings is 1. The largest absolute Gasteiger partial charge is 0.474 e. The number of pyridine rings is 2. The van der Waals surface area contributed by atoms with Crippen LogP contribution in [0.25, 0.3) is 21.7 Å². The van der Waals surface area contributed by atoms with Gasteiger partial charge in [0.15, 0.2) is 5.69 Å². The topological polar surface area (TPSA) is 119 Å². The van der Waals surface area contributed by atoms with Gasteiger partial charge in [-0.25, -0.2) is 24.5 Å². The van der Waals surface area contributed by atoms with Gasteiger partial charge in [0.25, 0.3) is 0 Å². The van der Waals surface area contributed by atoms with Crippen LogP contribution in [0.4, 0.5) is 23.8 Å². The number of carbonyl (C=O) groups excluding carboxylic acids is 2. The van der Waals surface area contributed by atoms with Gasteiger partial charge in [-0.1, -0.05) is 0 Å². The third kappa shape index (κ3) is 7.12. The number of esters is 1. The number of nitrogens with zero attached hydrogens (tertiary/aromatic N) is 4. The van der Waals surface area contributed by atoms with Crippen molar-refractivity contribution in [3.63, 3.8) is 0 Å². The molecule has 0 spiro atoms. The molecule has 5 rings (SSSR count). The fourth-order valence-electron chi connectivity index (χ4n) is 5.57. The van der Waals surface area contributed by atoms with Crippen molar-refractivity contribution < 1.29 is 32.2 Å². The van der Waals surface area contributed by atoms with E-state index in [9.17, 15) is 22.8 Å². The zero-order chi connectivity index (χ0) is 31.8. The molecule has 2 saturated heterocycles. The second-order valence-electron chi connectivity index (χ2n) is 12.0. The van der Waals surface area contributed by atoms with Crippen molar-refractivity contribution in [2.75, 3.05) is 18.9 Å². The van der Waals surface area contributed by atoms with E-state index in [1.165, 1.54) is 18.5 Å². The van der Waals surface area contributed by atoms with Crippen molar-refractivity contribution >= 4 is 29.2 Å². The minimum absolute atomic E-state index is 0.0413.